The monoisotopic (exact) mass is 363 g/mol. The lowest BCUT2D eigenvalue weighted by molar-refractivity contribution is 0.349. The van der Waals surface area contributed by atoms with Gasteiger partial charge in [-0.15, -0.1) is 0 Å². The van der Waals surface area contributed by atoms with Crippen molar-refractivity contribution in [2.24, 2.45) is 5.92 Å². The van der Waals surface area contributed by atoms with Crippen LogP contribution in [0.5, 0.6) is 0 Å². The first-order valence-corrected chi connectivity index (χ1v) is 9.78. The highest BCUT2D eigenvalue weighted by atomic mass is 35.5. The molecule has 1 saturated heterocycles. The number of nitrogens with one attached hydrogen (secondary N) is 1. The average Bonchev–Trinajstić information content (AvgIpc) is 2.97. The molecule has 0 saturated carbocycles. The van der Waals surface area contributed by atoms with Gasteiger partial charge < -0.3 is 5.32 Å². The van der Waals surface area contributed by atoms with Crippen LogP contribution in [0, 0.1) is 5.92 Å². The van der Waals surface area contributed by atoms with Crippen LogP contribution in [0.2, 0.25) is 5.02 Å². The second-order valence-corrected chi connectivity index (χ2v) is 8.70. The van der Waals surface area contributed by atoms with Crippen molar-refractivity contribution in [3.63, 3.8) is 0 Å². The first-order valence-electron chi connectivity index (χ1n) is 7.96. The van der Waals surface area contributed by atoms with Gasteiger partial charge in [-0.3, -0.25) is 4.98 Å². The quantitative estimate of drug-likeness (QED) is 0.888. The molecule has 1 fully saturated rings. The van der Waals surface area contributed by atoms with E-state index in [0.29, 0.717) is 18.1 Å². The first-order chi connectivity index (χ1) is 11.6. The largest absolute Gasteiger partial charge is 0.316 e. The molecule has 0 aliphatic carbocycles. The molecule has 0 bridgehead atoms. The molecule has 1 unspecified atom stereocenters. The molecule has 24 heavy (non-hydrogen) atoms. The Hall–Kier alpha value is -1.47. The number of rotatable bonds is 2. The lowest BCUT2D eigenvalue weighted by Gasteiger charge is -2.23. The molecule has 1 N–H and O–H groups in total. The Morgan fingerprint density at radius 1 is 1.17 bits per heavy atom. The Morgan fingerprint density at radius 2 is 1.96 bits per heavy atom. The molecule has 1 aromatic heterocycles. The van der Waals surface area contributed by atoms with Crippen LogP contribution in [0.4, 0.5) is 0 Å². The minimum atomic E-state index is -3.56. The third-order valence-electron chi connectivity index (χ3n) is 4.85. The average molecular weight is 364 g/mol. The summed E-state index contributed by atoms with van der Waals surface area (Å²) in [6, 6.07) is 10.2. The van der Waals surface area contributed by atoms with Crippen LogP contribution in [-0.4, -0.2) is 37.3 Å². The summed E-state index contributed by atoms with van der Waals surface area (Å²) >= 11 is 5.89. The molecule has 2 aliphatic heterocycles. The maximum Gasteiger partial charge on any atom is 0.243 e. The van der Waals surface area contributed by atoms with Crippen molar-refractivity contribution in [1.29, 1.82) is 0 Å². The second-order valence-electron chi connectivity index (χ2n) is 6.32. The molecule has 0 amide bonds. The third-order valence-corrected chi connectivity index (χ3v) is 6.93. The van der Waals surface area contributed by atoms with Gasteiger partial charge in [0.25, 0.3) is 0 Å². The van der Waals surface area contributed by atoms with Gasteiger partial charge in [0.2, 0.25) is 10.0 Å². The van der Waals surface area contributed by atoms with Gasteiger partial charge in [0.1, 0.15) is 0 Å². The fourth-order valence-corrected chi connectivity index (χ4v) is 5.22. The molecule has 2 aromatic rings. The number of hydrogen-bond acceptors (Lipinski definition) is 4. The highest BCUT2D eigenvalue weighted by Crippen LogP contribution is 2.35. The second kappa shape index (κ2) is 6.11. The summed E-state index contributed by atoms with van der Waals surface area (Å²) in [5, 5.41) is 3.90. The van der Waals surface area contributed by atoms with E-state index in [4.69, 9.17) is 11.6 Å². The van der Waals surface area contributed by atoms with Crippen molar-refractivity contribution in [2.45, 2.75) is 17.4 Å². The zero-order valence-electron chi connectivity index (χ0n) is 13.0. The van der Waals surface area contributed by atoms with E-state index >= 15 is 0 Å². The Bertz CT molecular complexity index is 854. The number of halogens is 1. The van der Waals surface area contributed by atoms with Crippen molar-refractivity contribution in [1.82, 2.24) is 14.6 Å². The van der Waals surface area contributed by atoms with Crippen molar-refractivity contribution >= 4 is 21.6 Å². The van der Waals surface area contributed by atoms with E-state index < -0.39 is 10.0 Å². The molecule has 0 radical (unpaired) electrons. The van der Waals surface area contributed by atoms with Gasteiger partial charge in [-0.05, 0) is 48.4 Å². The third kappa shape index (κ3) is 2.73. The zero-order chi connectivity index (χ0) is 16.7. The zero-order valence-corrected chi connectivity index (χ0v) is 14.6. The fraction of sp³-hybridized carbons (Fsp3) is 0.353. The lowest BCUT2D eigenvalue weighted by Crippen LogP contribution is -2.35. The number of pyridine rings is 1. The van der Waals surface area contributed by atoms with E-state index in [1.807, 2.05) is 12.1 Å². The maximum absolute atomic E-state index is 13.1. The minimum absolute atomic E-state index is 0.239. The van der Waals surface area contributed by atoms with E-state index in [9.17, 15) is 8.42 Å². The Balaban J connectivity index is 1.75. The highest BCUT2D eigenvalue weighted by molar-refractivity contribution is 7.89. The number of aromatic nitrogens is 1. The fourth-order valence-electron chi connectivity index (χ4n) is 3.62. The summed E-state index contributed by atoms with van der Waals surface area (Å²) in [6.07, 6.45) is 1.79. The number of fused-ring (bicyclic) bond motifs is 3. The summed E-state index contributed by atoms with van der Waals surface area (Å²) < 4.78 is 27.8. The molecule has 3 heterocycles. The van der Waals surface area contributed by atoms with Gasteiger partial charge in [-0.25, -0.2) is 8.42 Å². The standard InChI is InChI=1S/C17H18ClN3O2S/c18-14-3-5-15(6-4-14)24(22,23)21-10-12-2-1-7-20-17(12)16-9-19-8-13(16)11-21/h1-7,13,16,19H,8-11H2/t13?,16-/m1/s1. The van der Waals surface area contributed by atoms with E-state index in [0.717, 1.165) is 24.3 Å². The van der Waals surface area contributed by atoms with Crippen molar-refractivity contribution in [2.75, 3.05) is 19.6 Å². The molecule has 5 nitrogen and oxygen atoms in total. The van der Waals surface area contributed by atoms with Crippen molar-refractivity contribution < 1.29 is 8.42 Å². The first kappa shape index (κ1) is 16.0. The summed E-state index contributed by atoms with van der Waals surface area (Å²) in [4.78, 5) is 4.82. The van der Waals surface area contributed by atoms with Crippen LogP contribution in [-0.2, 0) is 16.6 Å². The van der Waals surface area contributed by atoms with E-state index in [2.05, 4.69) is 10.3 Å². The van der Waals surface area contributed by atoms with Crippen molar-refractivity contribution in [3.05, 3.63) is 58.9 Å². The van der Waals surface area contributed by atoms with Gasteiger partial charge in [0, 0.05) is 42.5 Å². The normalized spacial score (nSPS) is 24.2. The number of benzene rings is 1. The molecule has 7 heteroatoms. The molecular weight excluding hydrogens is 346 g/mol. The van der Waals surface area contributed by atoms with Crippen LogP contribution in [0.15, 0.2) is 47.5 Å². The van der Waals surface area contributed by atoms with Gasteiger partial charge in [0.05, 0.1) is 4.90 Å². The molecule has 2 atom stereocenters. The summed E-state index contributed by atoms with van der Waals surface area (Å²) in [5.74, 6) is 0.509. The Labute approximate surface area is 146 Å². The smallest absolute Gasteiger partial charge is 0.243 e. The van der Waals surface area contributed by atoms with E-state index in [1.165, 1.54) is 0 Å². The van der Waals surface area contributed by atoms with Gasteiger partial charge in [-0.2, -0.15) is 4.31 Å². The maximum atomic E-state index is 13.1. The molecule has 1 aromatic carbocycles. The number of nitrogens with zero attached hydrogens (tertiary/aromatic N) is 2. The SMILES string of the molecule is O=S(=O)(c1ccc(Cl)cc1)N1Cc2cccnc2[C@@H]2CNCC2C1. The highest BCUT2D eigenvalue weighted by Gasteiger charge is 2.39. The lowest BCUT2D eigenvalue weighted by atomic mass is 9.91. The van der Waals surface area contributed by atoms with E-state index in [-0.39, 0.29) is 16.7 Å². The topological polar surface area (TPSA) is 62.3 Å². The predicted molar refractivity (Wildman–Crippen MR) is 92.4 cm³/mol. The predicted octanol–water partition coefficient (Wildman–Crippen LogP) is 2.24. The summed E-state index contributed by atoms with van der Waals surface area (Å²) in [7, 11) is -3.56. The minimum Gasteiger partial charge on any atom is -0.316 e. The molecule has 0 spiro atoms. The van der Waals surface area contributed by atoms with Crippen LogP contribution in [0.3, 0.4) is 0 Å². The Morgan fingerprint density at radius 3 is 2.75 bits per heavy atom. The van der Waals surface area contributed by atoms with Crippen LogP contribution >= 0.6 is 11.6 Å². The van der Waals surface area contributed by atoms with Gasteiger partial charge >= 0.3 is 0 Å². The summed E-state index contributed by atoms with van der Waals surface area (Å²) in [6.45, 7) is 2.52. The van der Waals surface area contributed by atoms with Crippen LogP contribution < -0.4 is 5.32 Å². The molecular formula is C17H18ClN3O2S. The number of hydrogen-bond donors (Lipinski definition) is 1. The molecule has 4 rings (SSSR count). The van der Waals surface area contributed by atoms with Crippen LogP contribution in [0.1, 0.15) is 17.2 Å². The molecule has 2 aliphatic rings. The van der Waals surface area contributed by atoms with Crippen molar-refractivity contribution in [3.8, 4) is 0 Å². The Kier molecular flexibility index (Phi) is 4.08. The van der Waals surface area contributed by atoms with E-state index in [1.54, 1.807) is 34.8 Å². The van der Waals surface area contributed by atoms with Gasteiger partial charge in [0.15, 0.2) is 0 Å². The number of sulfonamides is 1. The summed E-state index contributed by atoms with van der Waals surface area (Å²) in [5.41, 5.74) is 2.02. The van der Waals surface area contributed by atoms with Gasteiger partial charge in [-0.1, -0.05) is 17.7 Å². The van der Waals surface area contributed by atoms with Crippen LogP contribution in [0.25, 0.3) is 0 Å². The molecule has 126 valence electrons.